The number of rotatable bonds is 2. The summed E-state index contributed by atoms with van der Waals surface area (Å²) in [5.41, 5.74) is 9.85. The molecule has 2 atom stereocenters. The maximum atomic E-state index is 13.8. The number of aryl methyl sites for hydroxylation is 2. The highest BCUT2D eigenvalue weighted by Gasteiger charge is 2.73. The summed E-state index contributed by atoms with van der Waals surface area (Å²) in [6.07, 6.45) is 1.50. The molecule has 7 heteroatoms. The molecule has 2 unspecified atom stereocenters. The van der Waals surface area contributed by atoms with Gasteiger partial charge in [0, 0.05) is 15.5 Å². The average molecular weight is 507 g/mol. The van der Waals surface area contributed by atoms with Crippen molar-refractivity contribution in [1.82, 2.24) is 20.8 Å². The van der Waals surface area contributed by atoms with Gasteiger partial charge in [-0.25, -0.2) is 9.97 Å². The maximum Gasteiger partial charge on any atom is 0.269 e. The quantitative estimate of drug-likeness (QED) is 0.489. The molecule has 0 aliphatic heterocycles. The van der Waals surface area contributed by atoms with Crippen molar-refractivity contribution in [3.05, 3.63) is 68.9 Å². The number of carbonyl (C=O) groups excluding carboxylic acids is 2. The molecule has 170 valence electrons. The molecule has 2 N–H and O–H groups in total. The molecule has 3 aromatic rings. The molecule has 1 saturated carbocycles. The van der Waals surface area contributed by atoms with Crippen LogP contribution < -0.4 is 10.9 Å². The predicted molar refractivity (Wildman–Crippen MR) is 131 cm³/mol. The summed E-state index contributed by atoms with van der Waals surface area (Å²) in [5, 5.41) is 0. The Balaban J connectivity index is 1.55. The van der Waals surface area contributed by atoms with Crippen LogP contribution in [-0.2, 0) is 15.6 Å². The lowest BCUT2D eigenvalue weighted by atomic mass is 9.63. The number of fused-ring (bicyclic) bond motifs is 6. The van der Waals surface area contributed by atoms with Gasteiger partial charge in [-0.15, -0.1) is 0 Å². The molecular formula is C26H27BrN4O2. The summed E-state index contributed by atoms with van der Waals surface area (Å²) in [4.78, 5) is 36.5. The van der Waals surface area contributed by atoms with Crippen LogP contribution in [0.25, 0.3) is 11.0 Å². The molecule has 2 bridgehead atoms. The fourth-order valence-corrected chi connectivity index (χ4v) is 6.02. The molecule has 2 amide bonds. The number of halogens is 1. The summed E-state index contributed by atoms with van der Waals surface area (Å²) >= 11 is 3.37. The van der Waals surface area contributed by atoms with E-state index in [4.69, 9.17) is 9.97 Å². The Hall–Kier alpha value is -2.80. The second-order valence-corrected chi connectivity index (χ2v) is 11.0. The van der Waals surface area contributed by atoms with Crippen molar-refractivity contribution >= 4 is 38.8 Å². The van der Waals surface area contributed by atoms with Crippen molar-refractivity contribution in [2.45, 2.75) is 58.3 Å². The molecule has 0 radical (unpaired) electrons. The number of amides is 2. The molecular weight excluding hydrogens is 480 g/mol. The van der Waals surface area contributed by atoms with E-state index in [2.05, 4.69) is 67.5 Å². The Morgan fingerprint density at radius 1 is 0.879 bits per heavy atom. The highest BCUT2D eigenvalue weighted by molar-refractivity contribution is 9.10. The second-order valence-electron chi connectivity index (χ2n) is 10.1. The largest absolute Gasteiger partial charge is 0.272 e. The third-order valence-electron chi connectivity index (χ3n) is 8.44. The standard InChI is InChI=1S/C26H27BrN4O2/c1-14-12-18-19(13-15(14)2)29-21-20(28-18)25(5)10-11-26(21,24(25,3)4)23(33)31-30-22(32)16-6-8-17(27)9-7-16/h6-9,12-13H,10-11H2,1-5H3,(H,30,32)(H,31,33). The topological polar surface area (TPSA) is 84.0 Å². The lowest BCUT2D eigenvalue weighted by Gasteiger charge is -2.39. The fraction of sp³-hybridized carbons (Fsp3) is 0.385. The molecule has 2 aliphatic carbocycles. The minimum absolute atomic E-state index is 0.238. The average Bonchev–Trinajstić information content (AvgIpc) is 3.07. The molecule has 1 aromatic heterocycles. The predicted octanol–water partition coefficient (Wildman–Crippen LogP) is 4.80. The van der Waals surface area contributed by atoms with E-state index in [1.807, 2.05) is 6.07 Å². The van der Waals surface area contributed by atoms with E-state index in [0.717, 1.165) is 38.9 Å². The Morgan fingerprint density at radius 2 is 1.45 bits per heavy atom. The zero-order valence-electron chi connectivity index (χ0n) is 19.5. The van der Waals surface area contributed by atoms with Gasteiger partial charge in [-0.05, 0) is 79.6 Å². The molecule has 33 heavy (non-hydrogen) atoms. The van der Waals surface area contributed by atoms with Gasteiger partial charge >= 0.3 is 0 Å². The first kappa shape index (κ1) is 22.0. The zero-order chi connectivity index (χ0) is 23.8. The molecule has 5 rings (SSSR count). The number of benzene rings is 2. The molecule has 1 heterocycles. The van der Waals surface area contributed by atoms with Crippen LogP contribution in [0.2, 0.25) is 0 Å². The molecule has 0 spiro atoms. The van der Waals surface area contributed by atoms with Gasteiger partial charge in [0.05, 0.1) is 22.4 Å². The molecule has 2 aromatic carbocycles. The van der Waals surface area contributed by atoms with Crippen molar-refractivity contribution in [3.63, 3.8) is 0 Å². The van der Waals surface area contributed by atoms with Gasteiger partial charge in [0.2, 0.25) is 0 Å². The second kappa shape index (κ2) is 7.10. The van der Waals surface area contributed by atoms with Crippen LogP contribution in [0.15, 0.2) is 40.9 Å². The molecule has 6 nitrogen and oxygen atoms in total. The van der Waals surface area contributed by atoms with Crippen LogP contribution >= 0.6 is 15.9 Å². The summed E-state index contributed by atoms with van der Waals surface area (Å²) in [7, 11) is 0. The number of aromatic nitrogens is 2. The third kappa shape index (κ3) is 2.84. The molecule has 0 saturated heterocycles. The lowest BCUT2D eigenvalue weighted by Crippen LogP contribution is -2.55. The molecule has 1 fully saturated rings. The number of carbonyl (C=O) groups is 2. The minimum Gasteiger partial charge on any atom is -0.272 e. The Labute approximate surface area is 201 Å². The van der Waals surface area contributed by atoms with Gasteiger partial charge in [0.1, 0.15) is 5.41 Å². The number of nitrogens with zero attached hydrogens (tertiary/aromatic N) is 2. The normalized spacial score (nSPS) is 24.5. The van der Waals surface area contributed by atoms with Gasteiger partial charge in [0.15, 0.2) is 0 Å². The van der Waals surface area contributed by atoms with E-state index in [1.54, 1.807) is 24.3 Å². The van der Waals surface area contributed by atoms with E-state index in [9.17, 15) is 9.59 Å². The van der Waals surface area contributed by atoms with Crippen LogP contribution in [-0.4, -0.2) is 21.8 Å². The van der Waals surface area contributed by atoms with Crippen molar-refractivity contribution in [1.29, 1.82) is 0 Å². The third-order valence-corrected chi connectivity index (χ3v) is 8.97. The summed E-state index contributed by atoms with van der Waals surface area (Å²) < 4.78 is 0.882. The van der Waals surface area contributed by atoms with Gasteiger partial charge in [-0.1, -0.05) is 36.7 Å². The van der Waals surface area contributed by atoms with Crippen molar-refractivity contribution in [3.8, 4) is 0 Å². The monoisotopic (exact) mass is 506 g/mol. The highest BCUT2D eigenvalue weighted by atomic mass is 79.9. The van der Waals surface area contributed by atoms with Crippen LogP contribution in [0.4, 0.5) is 0 Å². The van der Waals surface area contributed by atoms with Crippen molar-refractivity contribution in [2.75, 3.05) is 0 Å². The van der Waals surface area contributed by atoms with Crippen LogP contribution in [0, 0.1) is 19.3 Å². The van der Waals surface area contributed by atoms with Crippen molar-refractivity contribution in [2.24, 2.45) is 5.41 Å². The van der Waals surface area contributed by atoms with E-state index in [0.29, 0.717) is 12.0 Å². The summed E-state index contributed by atoms with van der Waals surface area (Å²) in [5.74, 6) is -0.599. The van der Waals surface area contributed by atoms with E-state index in [-0.39, 0.29) is 17.2 Å². The maximum absolute atomic E-state index is 13.8. The lowest BCUT2D eigenvalue weighted by molar-refractivity contribution is -0.131. The van der Waals surface area contributed by atoms with Crippen LogP contribution in [0.5, 0.6) is 0 Å². The van der Waals surface area contributed by atoms with Crippen LogP contribution in [0.3, 0.4) is 0 Å². The molecule has 2 aliphatic rings. The number of hydrogen-bond acceptors (Lipinski definition) is 4. The van der Waals surface area contributed by atoms with E-state index in [1.165, 1.54) is 5.56 Å². The first-order valence-electron chi connectivity index (χ1n) is 11.2. The van der Waals surface area contributed by atoms with Crippen LogP contribution in [0.1, 0.15) is 66.5 Å². The first-order valence-corrected chi connectivity index (χ1v) is 12.0. The van der Waals surface area contributed by atoms with E-state index < -0.39 is 10.8 Å². The smallest absolute Gasteiger partial charge is 0.269 e. The number of hydrogen-bond donors (Lipinski definition) is 2. The SMILES string of the molecule is Cc1cc2nc3c(nc2cc1C)C1(C(=O)NNC(=O)c2ccc(Br)cc2)CCC3(C)C1(C)C. The van der Waals surface area contributed by atoms with E-state index >= 15 is 0 Å². The summed E-state index contributed by atoms with van der Waals surface area (Å²) in [6, 6.07) is 11.1. The highest BCUT2D eigenvalue weighted by Crippen LogP contribution is 2.70. The Morgan fingerprint density at radius 3 is 2.06 bits per heavy atom. The Bertz CT molecular complexity index is 1330. The van der Waals surface area contributed by atoms with Crippen molar-refractivity contribution < 1.29 is 9.59 Å². The number of hydrazine groups is 1. The fourth-order valence-electron chi connectivity index (χ4n) is 5.75. The van der Waals surface area contributed by atoms with Gasteiger partial charge in [-0.3, -0.25) is 20.4 Å². The first-order chi connectivity index (χ1) is 15.5. The van der Waals surface area contributed by atoms with Gasteiger partial charge in [-0.2, -0.15) is 0 Å². The number of nitrogens with one attached hydrogen (secondary N) is 2. The minimum atomic E-state index is -0.871. The zero-order valence-corrected chi connectivity index (χ0v) is 21.1. The van der Waals surface area contributed by atoms with Gasteiger partial charge < -0.3 is 0 Å². The van der Waals surface area contributed by atoms with Gasteiger partial charge in [0.25, 0.3) is 11.8 Å². The Kier molecular flexibility index (Phi) is 4.73. The summed E-state index contributed by atoms with van der Waals surface area (Å²) in [6.45, 7) is 10.6.